The zero-order chi connectivity index (χ0) is 15.8. The number of carbonyl (C=O) groups excluding carboxylic acids is 1. The minimum atomic E-state index is -0.0855. The number of anilines is 1. The molecule has 1 aliphatic carbocycles. The highest BCUT2D eigenvalue weighted by molar-refractivity contribution is 6.12. The lowest BCUT2D eigenvalue weighted by Gasteiger charge is -2.09. The molecule has 3 heteroatoms. The van der Waals surface area contributed by atoms with Gasteiger partial charge in [0.1, 0.15) is 0 Å². The Hall–Kier alpha value is -2.65. The zero-order valence-corrected chi connectivity index (χ0v) is 12.7. The minimum absolute atomic E-state index is 0.0855. The second kappa shape index (κ2) is 5.52. The molecule has 114 valence electrons. The van der Waals surface area contributed by atoms with E-state index in [1.165, 1.54) is 5.56 Å². The lowest BCUT2D eigenvalue weighted by Crippen LogP contribution is -2.12. The maximum atomic E-state index is 12.6. The van der Waals surface area contributed by atoms with Crippen LogP contribution in [0.4, 0.5) is 5.69 Å². The Balaban J connectivity index is 1.57. The van der Waals surface area contributed by atoms with Crippen molar-refractivity contribution in [1.82, 2.24) is 0 Å². The van der Waals surface area contributed by atoms with Gasteiger partial charge in [-0.05, 0) is 41.0 Å². The fourth-order valence-corrected chi connectivity index (χ4v) is 3.03. The molecule has 1 amide bonds. The third-order valence-corrected chi connectivity index (χ3v) is 4.47. The van der Waals surface area contributed by atoms with Crippen LogP contribution in [0.2, 0.25) is 0 Å². The van der Waals surface area contributed by atoms with Crippen molar-refractivity contribution >= 4 is 22.4 Å². The van der Waals surface area contributed by atoms with Crippen LogP contribution < -0.4 is 11.1 Å². The second-order valence-corrected chi connectivity index (χ2v) is 6.11. The van der Waals surface area contributed by atoms with E-state index in [0.717, 1.165) is 22.9 Å². The third-order valence-electron chi connectivity index (χ3n) is 4.47. The second-order valence-electron chi connectivity index (χ2n) is 6.11. The first kappa shape index (κ1) is 14.0. The number of rotatable bonds is 3. The van der Waals surface area contributed by atoms with Crippen molar-refractivity contribution in [1.29, 1.82) is 0 Å². The van der Waals surface area contributed by atoms with Gasteiger partial charge in [0, 0.05) is 23.2 Å². The predicted octanol–water partition coefficient (Wildman–Crippen LogP) is 3.91. The van der Waals surface area contributed by atoms with Gasteiger partial charge >= 0.3 is 0 Å². The summed E-state index contributed by atoms with van der Waals surface area (Å²) < 4.78 is 0. The average molecular weight is 302 g/mol. The van der Waals surface area contributed by atoms with E-state index >= 15 is 0 Å². The Morgan fingerprint density at radius 2 is 1.65 bits per heavy atom. The SMILES string of the molecule is N[C@@H]1C[C@H]1c1ccc(NC(=O)c2cccc3ccccc23)cc1. The number of benzene rings is 3. The lowest BCUT2D eigenvalue weighted by molar-refractivity contribution is 0.102. The standard InChI is InChI=1S/C20H18N2O/c21-19-12-18(19)14-8-10-15(11-9-14)22-20(23)17-7-3-5-13-4-1-2-6-16(13)17/h1-11,18-19H,12,21H2,(H,22,23)/t18-,19+/m0/s1. The minimum Gasteiger partial charge on any atom is -0.327 e. The van der Waals surface area contributed by atoms with E-state index in [2.05, 4.69) is 17.4 Å². The van der Waals surface area contributed by atoms with Crippen molar-refractivity contribution in [2.75, 3.05) is 5.32 Å². The highest BCUT2D eigenvalue weighted by atomic mass is 16.1. The molecule has 3 aromatic rings. The molecule has 0 aliphatic heterocycles. The molecule has 1 saturated carbocycles. The number of fused-ring (bicyclic) bond motifs is 1. The van der Waals surface area contributed by atoms with Crippen LogP contribution in [0.5, 0.6) is 0 Å². The van der Waals surface area contributed by atoms with Crippen molar-refractivity contribution in [2.45, 2.75) is 18.4 Å². The molecular formula is C20H18N2O. The fraction of sp³-hybridized carbons (Fsp3) is 0.150. The van der Waals surface area contributed by atoms with E-state index in [-0.39, 0.29) is 5.91 Å². The first-order valence-corrected chi connectivity index (χ1v) is 7.87. The summed E-state index contributed by atoms with van der Waals surface area (Å²) in [4.78, 5) is 12.6. The van der Waals surface area contributed by atoms with Crippen LogP contribution in [0.25, 0.3) is 10.8 Å². The van der Waals surface area contributed by atoms with E-state index in [1.807, 2.05) is 54.6 Å². The number of nitrogens with two attached hydrogens (primary N) is 1. The van der Waals surface area contributed by atoms with Gasteiger partial charge in [-0.25, -0.2) is 0 Å². The third kappa shape index (κ3) is 2.71. The maximum Gasteiger partial charge on any atom is 0.256 e. The molecule has 2 atom stereocenters. The summed E-state index contributed by atoms with van der Waals surface area (Å²) >= 11 is 0. The van der Waals surface area contributed by atoms with Gasteiger partial charge in [0.25, 0.3) is 5.91 Å². The van der Waals surface area contributed by atoms with Crippen LogP contribution in [-0.4, -0.2) is 11.9 Å². The molecule has 0 spiro atoms. The van der Waals surface area contributed by atoms with Gasteiger partial charge in [-0.2, -0.15) is 0 Å². The molecule has 0 radical (unpaired) electrons. The Morgan fingerprint density at radius 3 is 2.39 bits per heavy atom. The normalized spacial score (nSPS) is 19.5. The Kier molecular flexibility index (Phi) is 3.36. The first-order valence-electron chi connectivity index (χ1n) is 7.87. The monoisotopic (exact) mass is 302 g/mol. The van der Waals surface area contributed by atoms with Crippen LogP contribution in [0.15, 0.2) is 66.7 Å². The van der Waals surface area contributed by atoms with E-state index in [0.29, 0.717) is 17.5 Å². The average Bonchev–Trinajstić information content (AvgIpc) is 3.32. The summed E-state index contributed by atoms with van der Waals surface area (Å²) in [5, 5.41) is 5.01. The number of amides is 1. The van der Waals surface area contributed by atoms with Gasteiger partial charge in [-0.1, -0.05) is 48.5 Å². The van der Waals surface area contributed by atoms with Crippen molar-refractivity contribution in [3.63, 3.8) is 0 Å². The van der Waals surface area contributed by atoms with E-state index in [4.69, 9.17) is 5.73 Å². The summed E-state index contributed by atoms with van der Waals surface area (Å²) in [5.41, 5.74) is 8.62. The Labute approximate surface area is 135 Å². The molecule has 1 fully saturated rings. The molecule has 0 saturated heterocycles. The topological polar surface area (TPSA) is 55.1 Å². The van der Waals surface area contributed by atoms with E-state index in [1.54, 1.807) is 0 Å². The molecule has 0 bridgehead atoms. The number of carbonyl (C=O) groups is 1. The number of hydrogen-bond donors (Lipinski definition) is 2. The van der Waals surface area contributed by atoms with Gasteiger partial charge in [0.05, 0.1) is 0 Å². The summed E-state index contributed by atoms with van der Waals surface area (Å²) in [5.74, 6) is 0.399. The van der Waals surface area contributed by atoms with Crippen molar-refractivity contribution in [2.24, 2.45) is 5.73 Å². The molecule has 3 aromatic carbocycles. The maximum absolute atomic E-state index is 12.6. The molecule has 3 nitrogen and oxygen atoms in total. The number of nitrogens with one attached hydrogen (secondary N) is 1. The van der Waals surface area contributed by atoms with Crippen LogP contribution in [-0.2, 0) is 0 Å². The first-order chi connectivity index (χ1) is 11.2. The smallest absolute Gasteiger partial charge is 0.256 e. The largest absolute Gasteiger partial charge is 0.327 e. The van der Waals surface area contributed by atoms with Crippen molar-refractivity contribution in [3.05, 3.63) is 77.9 Å². The zero-order valence-electron chi connectivity index (χ0n) is 12.7. The van der Waals surface area contributed by atoms with Crippen molar-refractivity contribution in [3.8, 4) is 0 Å². The van der Waals surface area contributed by atoms with Gasteiger partial charge < -0.3 is 11.1 Å². The number of hydrogen-bond acceptors (Lipinski definition) is 2. The molecule has 0 unspecified atom stereocenters. The Morgan fingerprint density at radius 1 is 0.957 bits per heavy atom. The van der Waals surface area contributed by atoms with Crippen LogP contribution in [0, 0.1) is 0 Å². The molecule has 4 rings (SSSR count). The molecule has 0 heterocycles. The van der Waals surface area contributed by atoms with Crippen LogP contribution in [0.3, 0.4) is 0 Å². The molecule has 3 N–H and O–H groups in total. The van der Waals surface area contributed by atoms with Gasteiger partial charge in [-0.3, -0.25) is 4.79 Å². The van der Waals surface area contributed by atoms with Crippen molar-refractivity contribution < 1.29 is 4.79 Å². The molecular weight excluding hydrogens is 284 g/mol. The predicted molar refractivity (Wildman–Crippen MR) is 93.7 cm³/mol. The van der Waals surface area contributed by atoms with Gasteiger partial charge in [0.2, 0.25) is 0 Å². The van der Waals surface area contributed by atoms with Crippen LogP contribution >= 0.6 is 0 Å². The summed E-state index contributed by atoms with van der Waals surface area (Å²) in [6, 6.07) is 22.0. The summed E-state index contributed by atoms with van der Waals surface area (Å²) in [7, 11) is 0. The van der Waals surface area contributed by atoms with Crippen LogP contribution in [0.1, 0.15) is 28.3 Å². The molecule has 23 heavy (non-hydrogen) atoms. The lowest BCUT2D eigenvalue weighted by atomic mass is 10.0. The van der Waals surface area contributed by atoms with Gasteiger partial charge in [0.15, 0.2) is 0 Å². The summed E-state index contributed by atoms with van der Waals surface area (Å²) in [6.07, 6.45) is 1.06. The summed E-state index contributed by atoms with van der Waals surface area (Å²) in [6.45, 7) is 0. The van der Waals surface area contributed by atoms with E-state index < -0.39 is 0 Å². The van der Waals surface area contributed by atoms with Gasteiger partial charge in [-0.15, -0.1) is 0 Å². The molecule has 0 aromatic heterocycles. The fourth-order valence-electron chi connectivity index (χ4n) is 3.03. The molecule has 1 aliphatic rings. The quantitative estimate of drug-likeness (QED) is 0.771. The highest BCUT2D eigenvalue weighted by Crippen LogP contribution is 2.39. The highest BCUT2D eigenvalue weighted by Gasteiger charge is 2.34. The Bertz CT molecular complexity index is 865. The van der Waals surface area contributed by atoms with E-state index in [9.17, 15) is 4.79 Å².